The largest absolute Gasteiger partial charge is 0.391 e. The summed E-state index contributed by atoms with van der Waals surface area (Å²) in [5.41, 5.74) is 3.23. The zero-order valence-corrected chi connectivity index (χ0v) is 18.3. The van der Waals surface area contributed by atoms with Gasteiger partial charge in [-0.05, 0) is 56.2 Å². The predicted octanol–water partition coefficient (Wildman–Crippen LogP) is 5.38. The van der Waals surface area contributed by atoms with Crippen LogP contribution in [-0.4, -0.2) is 49.5 Å². The molecular formula is C22H37N3S. The Balaban J connectivity index is 0.00000194. The molecule has 1 aromatic carbocycles. The highest BCUT2D eigenvalue weighted by Gasteiger charge is 2.18. The highest BCUT2D eigenvalue weighted by atomic mass is 32.2. The maximum atomic E-state index is 4.11. The van der Waals surface area contributed by atoms with Gasteiger partial charge < -0.3 is 10.2 Å². The number of hydrogen-bond acceptors (Lipinski definition) is 4. The summed E-state index contributed by atoms with van der Waals surface area (Å²) >= 11 is 1.75. The minimum Gasteiger partial charge on any atom is -0.391 e. The molecule has 0 saturated heterocycles. The number of rotatable bonds is 10. The van der Waals surface area contributed by atoms with E-state index in [0.29, 0.717) is 0 Å². The molecule has 0 aliphatic heterocycles. The topological polar surface area (TPSA) is 18.5 Å². The van der Waals surface area contributed by atoms with Crippen LogP contribution in [0.1, 0.15) is 38.3 Å². The lowest BCUT2D eigenvalue weighted by molar-refractivity contribution is 0.325. The zero-order valence-electron chi connectivity index (χ0n) is 17.5. The minimum absolute atomic E-state index is 0.233. The molecule has 0 fully saturated rings. The van der Waals surface area contributed by atoms with Crippen molar-refractivity contribution in [3.63, 3.8) is 0 Å². The second-order valence-corrected chi connectivity index (χ2v) is 7.52. The van der Waals surface area contributed by atoms with Crippen LogP contribution in [0.4, 0.5) is 0 Å². The summed E-state index contributed by atoms with van der Waals surface area (Å²) in [4.78, 5) is 3.39. The second kappa shape index (κ2) is 13.7. The first-order valence-corrected chi connectivity index (χ1v) is 9.96. The van der Waals surface area contributed by atoms with E-state index in [2.05, 4.69) is 87.3 Å². The monoisotopic (exact) mass is 375 g/mol. The van der Waals surface area contributed by atoms with Gasteiger partial charge in [0.2, 0.25) is 0 Å². The summed E-state index contributed by atoms with van der Waals surface area (Å²) in [6, 6.07) is 6.61. The molecule has 0 aliphatic carbocycles. The molecule has 0 bridgehead atoms. The van der Waals surface area contributed by atoms with Crippen LogP contribution in [0.5, 0.6) is 0 Å². The molecule has 0 radical (unpaired) electrons. The highest BCUT2D eigenvalue weighted by Crippen LogP contribution is 2.29. The fourth-order valence-electron chi connectivity index (χ4n) is 2.11. The van der Waals surface area contributed by atoms with Crippen molar-refractivity contribution in [3.05, 3.63) is 54.8 Å². The van der Waals surface area contributed by atoms with Crippen LogP contribution < -0.4 is 5.32 Å². The van der Waals surface area contributed by atoms with E-state index in [1.54, 1.807) is 11.9 Å². The molecule has 0 spiro atoms. The average Bonchev–Trinajstić information content (AvgIpc) is 2.64. The molecule has 0 aromatic heterocycles. The Kier molecular flexibility index (Phi) is 12.9. The summed E-state index contributed by atoms with van der Waals surface area (Å²) in [5.74, 6) is 0. The SMILES string of the molecule is C=Cc1ccc(SN(CCN(C)C)C(C)C(=C)NC)cc1C=C.CCC. The molecule has 26 heavy (non-hydrogen) atoms. The van der Waals surface area contributed by atoms with Gasteiger partial charge in [-0.15, -0.1) is 0 Å². The van der Waals surface area contributed by atoms with Gasteiger partial charge in [-0.25, -0.2) is 4.31 Å². The van der Waals surface area contributed by atoms with E-state index in [-0.39, 0.29) is 6.04 Å². The van der Waals surface area contributed by atoms with Crippen LogP contribution in [0.25, 0.3) is 12.2 Å². The quantitative estimate of drug-likeness (QED) is 0.553. The zero-order chi connectivity index (χ0) is 20.1. The van der Waals surface area contributed by atoms with Crippen molar-refractivity contribution >= 4 is 24.1 Å². The van der Waals surface area contributed by atoms with Gasteiger partial charge in [-0.1, -0.05) is 58.2 Å². The molecule has 4 heteroatoms. The number of benzene rings is 1. The molecule has 1 rings (SSSR count). The van der Waals surface area contributed by atoms with E-state index in [9.17, 15) is 0 Å². The lowest BCUT2D eigenvalue weighted by atomic mass is 10.1. The molecule has 0 saturated carbocycles. The van der Waals surface area contributed by atoms with Crippen LogP contribution in [0.15, 0.2) is 48.5 Å². The van der Waals surface area contributed by atoms with Crippen molar-refractivity contribution in [1.29, 1.82) is 0 Å². The fraction of sp³-hybridized carbons (Fsp3) is 0.455. The molecule has 1 unspecified atom stereocenters. The Labute approximate surface area is 166 Å². The van der Waals surface area contributed by atoms with Gasteiger partial charge in [-0.3, -0.25) is 0 Å². The molecule has 1 aromatic rings. The van der Waals surface area contributed by atoms with Gasteiger partial charge in [0.25, 0.3) is 0 Å². The summed E-state index contributed by atoms with van der Waals surface area (Å²) in [5, 5.41) is 3.17. The molecule has 0 heterocycles. The average molecular weight is 376 g/mol. The van der Waals surface area contributed by atoms with Crippen LogP contribution in [0.2, 0.25) is 0 Å². The van der Waals surface area contributed by atoms with E-state index in [0.717, 1.165) is 29.9 Å². The lowest BCUT2D eigenvalue weighted by Gasteiger charge is -2.30. The van der Waals surface area contributed by atoms with Crippen molar-refractivity contribution in [2.75, 3.05) is 34.2 Å². The van der Waals surface area contributed by atoms with Gasteiger partial charge in [0, 0.05) is 30.7 Å². The van der Waals surface area contributed by atoms with E-state index >= 15 is 0 Å². The maximum Gasteiger partial charge on any atom is 0.0568 e. The number of hydrogen-bond donors (Lipinski definition) is 1. The van der Waals surface area contributed by atoms with Crippen LogP contribution in [-0.2, 0) is 0 Å². The summed E-state index contributed by atoms with van der Waals surface area (Å²) in [6.45, 7) is 20.2. The number of nitrogens with zero attached hydrogens (tertiary/aromatic N) is 2. The van der Waals surface area contributed by atoms with E-state index in [1.165, 1.54) is 11.3 Å². The first-order chi connectivity index (χ1) is 12.3. The third-order valence-electron chi connectivity index (χ3n) is 3.75. The maximum absolute atomic E-state index is 4.11. The second-order valence-electron chi connectivity index (χ2n) is 6.39. The lowest BCUT2D eigenvalue weighted by Crippen LogP contribution is -2.36. The molecule has 1 N–H and O–H groups in total. The van der Waals surface area contributed by atoms with Gasteiger partial charge in [0.1, 0.15) is 0 Å². The highest BCUT2D eigenvalue weighted by molar-refractivity contribution is 7.97. The van der Waals surface area contributed by atoms with Crippen molar-refractivity contribution in [3.8, 4) is 0 Å². The van der Waals surface area contributed by atoms with Gasteiger partial charge in [0.05, 0.1) is 6.04 Å². The van der Waals surface area contributed by atoms with Crippen molar-refractivity contribution in [2.24, 2.45) is 0 Å². The third kappa shape index (κ3) is 8.75. The number of likely N-dealkylation sites (N-methyl/N-ethyl adjacent to an activating group) is 2. The fourth-order valence-corrected chi connectivity index (χ4v) is 3.14. The molecular weight excluding hydrogens is 338 g/mol. The van der Waals surface area contributed by atoms with E-state index < -0.39 is 0 Å². The minimum atomic E-state index is 0.233. The van der Waals surface area contributed by atoms with E-state index in [1.807, 2.05) is 19.2 Å². The smallest absolute Gasteiger partial charge is 0.0568 e. The van der Waals surface area contributed by atoms with Crippen molar-refractivity contribution in [2.45, 2.75) is 38.1 Å². The Hall–Kier alpha value is -1.49. The summed E-state index contributed by atoms with van der Waals surface area (Å²) in [7, 11) is 6.10. The van der Waals surface area contributed by atoms with Crippen molar-refractivity contribution in [1.82, 2.24) is 14.5 Å². The summed E-state index contributed by atoms with van der Waals surface area (Å²) < 4.78 is 2.36. The van der Waals surface area contributed by atoms with Crippen LogP contribution >= 0.6 is 11.9 Å². The molecule has 3 nitrogen and oxygen atoms in total. The molecule has 0 amide bonds. The van der Waals surface area contributed by atoms with Gasteiger partial charge >= 0.3 is 0 Å². The predicted molar refractivity (Wildman–Crippen MR) is 121 cm³/mol. The summed E-state index contributed by atoms with van der Waals surface area (Å²) in [6.07, 6.45) is 4.99. The molecule has 146 valence electrons. The third-order valence-corrected chi connectivity index (χ3v) is 4.94. The first-order valence-electron chi connectivity index (χ1n) is 9.19. The molecule has 0 aliphatic rings. The Morgan fingerprint density at radius 2 is 1.73 bits per heavy atom. The Bertz CT molecular complexity index is 567. The van der Waals surface area contributed by atoms with E-state index in [4.69, 9.17) is 0 Å². The van der Waals surface area contributed by atoms with Crippen LogP contribution in [0.3, 0.4) is 0 Å². The standard InChI is InChI=1S/C19H29N3S.C3H8/c1-8-17-10-11-19(14-18(17)9-2)23-22(13-12-21(6)7)16(4)15(3)20-5;1-3-2/h8-11,14,16,20H,1-3,12-13H2,4-7H3;3H2,1-2H3. The Morgan fingerprint density at radius 1 is 1.15 bits per heavy atom. The normalized spacial score (nSPS) is 11.5. The number of nitrogens with one attached hydrogen (secondary N) is 1. The molecule has 1 atom stereocenters. The van der Waals surface area contributed by atoms with Gasteiger partial charge in [-0.2, -0.15) is 0 Å². The van der Waals surface area contributed by atoms with Crippen molar-refractivity contribution < 1.29 is 0 Å². The first kappa shape index (κ1) is 24.5. The van der Waals surface area contributed by atoms with Gasteiger partial charge in [0.15, 0.2) is 0 Å². The Morgan fingerprint density at radius 3 is 2.19 bits per heavy atom. The van der Waals surface area contributed by atoms with Crippen LogP contribution in [0, 0.1) is 0 Å².